The molecule has 3 rings (SSSR count). The lowest BCUT2D eigenvalue weighted by atomic mass is 10.1. The van der Waals surface area contributed by atoms with Gasteiger partial charge in [0.05, 0.1) is 6.61 Å². The number of ether oxygens (including phenoxy) is 2. The summed E-state index contributed by atoms with van der Waals surface area (Å²) in [5, 5.41) is 5.64. The second-order valence-corrected chi connectivity index (χ2v) is 7.93. The number of benzene rings is 3. The van der Waals surface area contributed by atoms with E-state index in [-0.39, 0.29) is 24.2 Å². The van der Waals surface area contributed by atoms with Crippen LogP contribution in [0.2, 0.25) is 0 Å². The van der Waals surface area contributed by atoms with Crippen molar-refractivity contribution in [2.75, 3.05) is 17.2 Å². The van der Waals surface area contributed by atoms with E-state index in [1.165, 1.54) is 24.3 Å². The Morgan fingerprint density at radius 2 is 1.55 bits per heavy atom. The molecule has 7 nitrogen and oxygen atoms in total. The van der Waals surface area contributed by atoms with Gasteiger partial charge in [-0.15, -0.1) is 0 Å². The summed E-state index contributed by atoms with van der Waals surface area (Å²) in [6.45, 7) is 1.89. The highest BCUT2D eigenvalue weighted by atomic mass is 79.9. The van der Waals surface area contributed by atoms with Crippen molar-refractivity contribution in [3.63, 3.8) is 0 Å². The first-order valence-corrected chi connectivity index (χ1v) is 11.1. The van der Waals surface area contributed by atoms with Crippen molar-refractivity contribution in [1.82, 2.24) is 0 Å². The van der Waals surface area contributed by atoms with Crippen LogP contribution >= 0.6 is 15.9 Å². The highest BCUT2D eigenvalue weighted by molar-refractivity contribution is 9.10. The van der Waals surface area contributed by atoms with Crippen LogP contribution in [0, 0.1) is 0 Å². The Labute approximate surface area is 200 Å². The Hall–Kier alpha value is -3.65. The van der Waals surface area contributed by atoms with Crippen molar-refractivity contribution >= 4 is 45.3 Å². The van der Waals surface area contributed by atoms with Gasteiger partial charge in [-0.2, -0.15) is 0 Å². The van der Waals surface area contributed by atoms with Gasteiger partial charge in [-0.05, 0) is 73.5 Å². The highest BCUT2D eigenvalue weighted by Crippen LogP contribution is 2.19. The van der Waals surface area contributed by atoms with E-state index in [2.05, 4.69) is 26.6 Å². The van der Waals surface area contributed by atoms with E-state index in [1.807, 2.05) is 24.3 Å². The molecule has 0 saturated heterocycles. The number of carbonyl (C=O) groups excluding carboxylic acids is 3. The summed E-state index contributed by atoms with van der Waals surface area (Å²) >= 11 is 3.39. The standard InChI is InChI=1S/C25H23BrN2O5/c1-2-32-25(31)33-22-13-9-18(10-14-22)24(30)28-21-5-3-4-20(16-21)27-23(29)15-8-17-6-11-19(26)12-7-17/h3-7,9-14,16H,2,8,15H2,1H3,(H,27,29)(H,28,30). The van der Waals surface area contributed by atoms with E-state index >= 15 is 0 Å². The molecule has 8 heteroatoms. The minimum absolute atomic E-state index is 0.112. The molecule has 0 fully saturated rings. The molecule has 3 aromatic rings. The molecular formula is C25H23BrN2O5. The second-order valence-electron chi connectivity index (χ2n) is 7.02. The highest BCUT2D eigenvalue weighted by Gasteiger charge is 2.10. The molecule has 0 saturated carbocycles. The van der Waals surface area contributed by atoms with Crippen LogP contribution in [-0.4, -0.2) is 24.6 Å². The van der Waals surface area contributed by atoms with Crippen LogP contribution in [0.3, 0.4) is 0 Å². The van der Waals surface area contributed by atoms with Gasteiger partial charge in [-0.3, -0.25) is 9.59 Å². The molecule has 3 aromatic carbocycles. The summed E-state index contributed by atoms with van der Waals surface area (Å²) in [6, 6.07) is 20.9. The largest absolute Gasteiger partial charge is 0.513 e. The molecule has 33 heavy (non-hydrogen) atoms. The number of hydrogen-bond acceptors (Lipinski definition) is 5. The normalized spacial score (nSPS) is 10.2. The third-order valence-corrected chi connectivity index (χ3v) is 5.07. The number of halogens is 1. The first kappa shape index (κ1) is 24.0. The average molecular weight is 511 g/mol. The Balaban J connectivity index is 1.53. The van der Waals surface area contributed by atoms with Crippen LogP contribution < -0.4 is 15.4 Å². The number of amides is 2. The SMILES string of the molecule is CCOC(=O)Oc1ccc(C(=O)Nc2cccc(NC(=O)CCc3ccc(Br)cc3)c2)cc1. The van der Waals surface area contributed by atoms with Gasteiger partial charge in [0.25, 0.3) is 5.91 Å². The van der Waals surface area contributed by atoms with Crippen LogP contribution in [-0.2, 0) is 16.0 Å². The summed E-state index contributed by atoms with van der Waals surface area (Å²) < 4.78 is 10.7. The summed E-state index contributed by atoms with van der Waals surface area (Å²) in [7, 11) is 0. The molecule has 0 aliphatic rings. The summed E-state index contributed by atoms with van der Waals surface area (Å²) in [4.78, 5) is 36.2. The maximum atomic E-state index is 12.5. The maximum Gasteiger partial charge on any atom is 0.513 e. The van der Waals surface area contributed by atoms with Gasteiger partial charge in [0.1, 0.15) is 5.75 Å². The fourth-order valence-corrected chi connectivity index (χ4v) is 3.19. The monoisotopic (exact) mass is 510 g/mol. The fourth-order valence-electron chi connectivity index (χ4n) is 2.93. The zero-order chi connectivity index (χ0) is 23.6. The molecule has 2 amide bonds. The van der Waals surface area contributed by atoms with Crippen molar-refractivity contribution < 1.29 is 23.9 Å². The quantitative estimate of drug-likeness (QED) is 0.294. The van der Waals surface area contributed by atoms with E-state index < -0.39 is 6.16 Å². The first-order chi connectivity index (χ1) is 15.9. The average Bonchev–Trinajstić information content (AvgIpc) is 2.79. The molecule has 0 unspecified atom stereocenters. The van der Waals surface area contributed by atoms with Gasteiger partial charge < -0.3 is 20.1 Å². The lowest BCUT2D eigenvalue weighted by Gasteiger charge is -2.10. The van der Waals surface area contributed by atoms with E-state index in [0.29, 0.717) is 29.8 Å². The van der Waals surface area contributed by atoms with Crippen molar-refractivity contribution in [1.29, 1.82) is 0 Å². The van der Waals surface area contributed by atoms with E-state index in [4.69, 9.17) is 9.47 Å². The third kappa shape index (κ3) is 7.76. The Kier molecular flexibility index (Phi) is 8.60. The minimum atomic E-state index is -0.801. The van der Waals surface area contributed by atoms with Crippen LogP contribution in [0.15, 0.2) is 77.3 Å². The second kappa shape index (κ2) is 11.8. The number of aryl methyl sites for hydroxylation is 1. The van der Waals surface area contributed by atoms with Crippen LogP contribution in [0.4, 0.5) is 16.2 Å². The molecule has 0 aliphatic carbocycles. The Morgan fingerprint density at radius 1 is 0.879 bits per heavy atom. The first-order valence-electron chi connectivity index (χ1n) is 10.3. The molecule has 0 radical (unpaired) electrons. The number of hydrogen-bond donors (Lipinski definition) is 2. The molecule has 2 N–H and O–H groups in total. The number of nitrogens with one attached hydrogen (secondary N) is 2. The minimum Gasteiger partial charge on any atom is -0.434 e. The molecule has 170 valence electrons. The van der Waals surface area contributed by atoms with Gasteiger partial charge in [0.15, 0.2) is 0 Å². The van der Waals surface area contributed by atoms with Gasteiger partial charge in [0.2, 0.25) is 5.91 Å². The molecular weight excluding hydrogens is 488 g/mol. The van der Waals surface area contributed by atoms with Crippen molar-refractivity contribution in [3.8, 4) is 5.75 Å². The Morgan fingerprint density at radius 3 is 2.21 bits per heavy atom. The number of anilines is 2. The van der Waals surface area contributed by atoms with Crippen LogP contribution in [0.5, 0.6) is 5.75 Å². The summed E-state index contributed by atoms with van der Waals surface area (Å²) in [6.07, 6.45) is 0.175. The smallest absolute Gasteiger partial charge is 0.434 e. The summed E-state index contributed by atoms with van der Waals surface area (Å²) in [5.41, 5.74) is 2.59. The molecule has 0 aliphatic heterocycles. The molecule has 0 heterocycles. The van der Waals surface area contributed by atoms with E-state index in [0.717, 1.165) is 10.0 Å². The zero-order valence-corrected chi connectivity index (χ0v) is 19.6. The summed E-state index contributed by atoms with van der Waals surface area (Å²) in [5.74, 6) is -0.173. The third-order valence-electron chi connectivity index (χ3n) is 4.54. The predicted molar refractivity (Wildman–Crippen MR) is 130 cm³/mol. The van der Waals surface area contributed by atoms with Crippen molar-refractivity contribution in [2.45, 2.75) is 19.8 Å². The van der Waals surface area contributed by atoms with Gasteiger partial charge in [0, 0.05) is 27.8 Å². The van der Waals surface area contributed by atoms with Crippen LogP contribution in [0.25, 0.3) is 0 Å². The van der Waals surface area contributed by atoms with Crippen molar-refractivity contribution in [2.24, 2.45) is 0 Å². The lowest BCUT2D eigenvalue weighted by Crippen LogP contribution is -2.14. The molecule has 0 bridgehead atoms. The van der Waals surface area contributed by atoms with Gasteiger partial charge in [-0.25, -0.2) is 4.79 Å². The van der Waals surface area contributed by atoms with E-state index in [1.54, 1.807) is 31.2 Å². The topological polar surface area (TPSA) is 93.7 Å². The van der Waals surface area contributed by atoms with Gasteiger partial charge >= 0.3 is 6.16 Å². The molecule has 0 spiro atoms. The number of carbonyl (C=O) groups is 3. The lowest BCUT2D eigenvalue weighted by molar-refractivity contribution is -0.116. The predicted octanol–water partition coefficient (Wildman–Crippen LogP) is 5.81. The molecule has 0 aromatic heterocycles. The fraction of sp³-hybridized carbons (Fsp3) is 0.160. The maximum absolute atomic E-state index is 12.5. The zero-order valence-electron chi connectivity index (χ0n) is 18.0. The van der Waals surface area contributed by atoms with Crippen LogP contribution in [0.1, 0.15) is 29.3 Å². The van der Waals surface area contributed by atoms with Crippen molar-refractivity contribution in [3.05, 3.63) is 88.4 Å². The Bertz CT molecular complexity index is 1110. The number of rotatable bonds is 8. The van der Waals surface area contributed by atoms with Gasteiger partial charge in [-0.1, -0.05) is 34.1 Å². The molecule has 0 atom stereocenters. The van der Waals surface area contributed by atoms with E-state index in [9.17, 15) is 14.4 Å².